The first-order valence-electron chi connectivity index (χ1n) is 22.2. The Hall–Kier alpha value is -8.26. The molecule has 0 aliphatic heterocycles. The molecule has 1 unspecified atom stereocenters. The number of rotatable bonds is 6. The monoisotopic (exact) mass is 811 g/mol. The predicted molar refractivity (Wildman–Crippen MR) is 269 cm³/mol. The summed E-state index contributed by atoms with van der Waals surface area (Å²) in [7, 11) is 0. The van der Waals surface area contributed by atoms with Crippen molar-refractivity contribution in [3.63, 3.8) is 0 Å². The molecule has 0 N–H and O–H groups in total. The minimum atomic E-state index is -0.499. The van der Waals surface area contributed by atoms with Gasteiger partial charge in [0.25, 0.3) is 0 Å². The van der Waals surface area contributed by atoms with Gasteiger partial charge in [-0.05, 0) is 142 Å². The summed E-state index contributed by atoms with van der Waals surface area (Å²) in [6, 6.07) is 92.2. The molecular formula is C63H41N. The molecule has 1 atom stereocenters. The molecule has 1 spiro atoms. The van der Waals surface area contributed by atoms with E-state index in [-0.39, 0.29) is 0 Å². The van der Waals surface area contributed by atoms with Crippen LogP contribution in [0, 0.1) is 0 Å². The number of hydrogen-bond donors (Lipinski definition) is 0. The van der Waals surface area contributed by atoms with Gasteiger partial charge in [-0.25, -0.2) is 0 Å². The lowest BCUT2D eigenvalue weighted by atomic mass is 9.70. The van der Waals surface area contributed by atoms with Crippen molar-refractivity contribution in [3.05, 3.63) is 271 Å². The summed E-state index contributed by atoms with van der Waals surface area (Å²) in [5, 5.41) is 5.01. The van der Waals surface area contributed by atoms with Crippen molar-refractivity contribution in [2.24, 2.45) is 0 Å². The SMILES string of the molecule is c1ccc(-c2ccc3c(c2)C2(c4ccccc4-3)c3ccccc3-c3ccc(N(c4ccc(-c5cccc6ccccc56)cc4)c4ccc(-c5cccc6ccccc56)cc4)cc32)cc1. The zero-order valence-corrected chi connectivity index (χ0v) is 35.1. The van der Waals surface area contributed by atoms with Gasteiger partial charge in [-0.1, -0.05) is 206 Å². The van der Waals surface area contributed by atoms with Crippen LogP contribution in [0.1, 0.15) is 22.3 Å². The van der Waals surface area contributed by atoms with E-state index in [4.69, 9.17) is 0 Å². The summed E-state index contributed by atoms with van der Waals surface area (Å²) in [5.41, 5.74) is 20.6. The van der Waals surface area contributed by atoms with E-state index in [1.807, 2.05) is 0 Å². The van der Waals surface area contributed by atoms with Crippen molar-refractivity contribution < 1.29 is 0 Å². The molecule has 0 heterocycles. The fraction of sp³-hybridized carbons (Fsp3) is 0.0159. The van der Waals surface area contributed by atoms with Crippen LogP contribution in [0.2, 0.25) is 0 Å². The molecule has 298 valence electrons. The van der Waals surface area contributed by atoms with E-state index in [0.717, 1.165) is 17.1 Å². The number of hydrogen-bond acceptors (Lipinski definition) is 1. The van der Waals surface area contributed by atoms with Gasteiger partial charge in [0.2, 0.25) is 0 Å². The summed E-state index contributed by atoms with van der Waals surface area (Å²) in [4.78, 5) is 2.44. The van der Waals surface area contributed by atoms with E-state index in [0.29, 0.717) is 0 Å². The second-order valence-corrected chi connectivity index (χ2v) is 17.2. The van der Waals surface area contributed by atoms with E-state index < -0.39 is 5.41 Å². The van der Waals surface area contributed by atoms with Crippen LogP contribution in [0.15, 0.2) is 249 Å². The molecule has 0 radical (unpaired) electrons. The number of nitrogens with zero attached hydrogens (tertiary/aromatic N) is 1. The molecular weight excluding hydrogens is 771 g/mol. The number of anilines is 3. The molecule has 64 heavy (non-hydrogen) atoms. The maximum Gasteiger partial charge on any atom is 0.0726 e. The molecule has 0 fully saturated rings. The highest BCUT2D eigenvalue weighted by atomic mass is 15.1. The van der Waals surface area contributed by atoms with Crippen molar-refractivity contribution in [1.82, 2.24) is 0 Å². The summed E-state index contributed by atoms with van der Waals surface area (Å²) in [6.45, 7) is 0. The molecule has 0 bridgehead atoms. The van der Waals surface area contributed by atoms with Crippen LogP contribution >= 0.6 is 0 Å². The number of fused-ring (bicyclic) bond motifs is 12. The zero-order chi connectivity index (χ0) is 42.2. The highest BCUT2D eigenvalue weighted by molar-refractivity contribution is 6.00. The Labute approximate surface area is 373 Å². The molecule has 11 aromatic carbocycles. The van der Waals surface area contributed by atoms with Gasteiger partial charge in [0.1, 0.15) is 0 Å². The van der Waals surface area contributed by atoms with E-state index in [2.05, 4.69) is 254 Å². The van der Waals surface area contributed by atoms with Crippen molar-refractivity contribution in [2.45, 2.75) is 5.41 Å². The smallest absolute Gasteiger partial charge is 0.0726 e. The summed E-state index contributed by atoms with van der Waals surface area (Å²) < 4.78 is 0. The minimum Gasteiger partial charge on any atom is -0.310 e. The van der Waals surface area contributed by atoms with E-state index in [1.54, 1.807) is 0 Å². The average Bonchev–Trinajstić information content (AvgIpc) is 3.83. The van der Waals surface area contributed by atoms with Crippen LogP contribution in [0.4, 0.5) is 17.1 Å². The highest BCUT2D eigenvalue weighted by Gasteiger charge is 2.52. The lowest BCUT2D eigenvalue weighted by molar-refractivity contribution is 0.794. The van der Waals surface area contributed by atoms with Crippen LogP contribution in [0.3, 0.4) is 0 Å². The van der Waals surface area contributed by atoms with E-state index in [1.165, 1.54) is 99.4 Å². The normalized spacial score (nSPS) is 14.3. The maximum absolute atomic E-state index is 2.49. The van der Waals surface area contributed by atoms with Crippen LogP contribution in [0.25, 0.3) is 77.2 Å². The quantitative estimate of drug-likeness (QED) is 0.162. The molecule has 0 saturated carbocycles. The molecule has 2 aliphatic rings. The standard InChI is InChI=1S/C63H41N/c1-2-14-42(15-3-1)47-32-38-57-55-22-8-10-26-59(55)63(61(57)40-47)60-27-11-9-23-56(60)58-39-37-50(41-62(58)63)64(48-33-28-45(29-34-48)53-24-12-18-43-16-4-6-20-51(43)53)49-35-30-46(31-36-49)54-25-13-19-44-17-5-7-21-52(44)54/h1-41H. The van der Waals surface area contributed by atoms with Crippen molar-refractivity contribution in [3.8, 4) is 55.6 Å². The molecule has 0 saturated heterocycles. The summed E-state index contributed by atoms with van der Waals surface area (Å²) in [5.74, 6) is 0. The van der Waals surface area contributed by atoms with Gasteiger partial charge in [-0.2, -0.15) is 0 Å². The lowest BCUT2D eigenvalue weighted by Crippen LogP contribution is -2.26. The summed E-state index contributed by atoms with van der Waals surface area (Å²) >= 11 is 0. The van der Waals surface area contributed by atoms with Crippen LogP contribution < -0.4 is 4.90 Å². The average molecular weight is 812 g/mol. The minimum absolute atomic E-state index is 0.499. The first kappa shape index (κ1) is 36.4. The van der Waals surface area contributed by atoms with Gasteiger partial charge >= 0.3 is 0 Å². The van der Waals surface area contributed by atoms with Crippen molar-refractivity contribution >= 4 is 38.6 Å². The molecule has 11 aromatic rings. The van der Waals surface area contributed by atoms with Crippen LogP contribution in [0.5, 0.6) is 0 Å². The molecule has 1 nitrogen and oxygen atoms in total. The van der Waals surface area contributed by atoms with Gasteiger partial charge in [0.15, 0.2) is 0 Å². The highest BCUT2D eigenvalue weighted by Crippen LogP contribution is 2.63. The Morgan fingerprint density at radius 1 is 0.234 bits per heavy atom. The fourth-order valence-electron chi connectivity index (χ4n) is 11.1. The molecule has 1 heteroatoms. The van der Waals surface area contributed by atoms with Gasteiger partial charge in [0, 0.05) is 17.1 Å². The second kappa shape index (κ2) is 14.4. The lowest BCUT2D eigenvalue weighted by Gasteiger charge is -2.32. The van der Waals surface area contributed by atoms with Crippen LogP contribution in [-0.2, 0) is 5.41 Å². The Morgan fingerprint density at radius 2 is 0.641 bits per heavy atom. The van der Waals surface area contributed by atoms with E-state index >= 15 is 0 Å². The third kappa shape index (κ3) is 5.44. The Balaban J connectivity index is 1.02. The topological polar surface area (TPSA) is 3.24 Å². The maximum atomic E-state index is 2.49. The van der Waals surface area contributed by atoms with Crippen LogP contribution in [-0.4, -0.2) is 0 Å². The third-order valence-corrected chi connectivity index (χ3v) is 13.9. The second-order valence-electron chi connectivity index (χ2n) is 17.2. The molecule has 2 aliphatic carbocycles. The van der Waals surface area contributed by atoms with Gasteiger partial charge in [-0.3, -0.25) is 0 Å². The van der Waals surface area contributed by atoms with Gasteiger partial charge in [0.05, 0.1) is 5.41 Å². The molecule has 0 amide bonds. The number of benzene rings is 11. The van der Waals surface area contributed by atoms with Crippen molar-refractivity contribution in [2.75, 3.05) is 4.90 Å². The van der Waals surface area contributed by atoms with Gasteiger partial charge < -0.3 is 4.90 Å². The van der Waals surface area contributed by atoms with E-state index in [9.17, 15) is 0 Å². The zero-order valence-electron chi connectivity index (χ0n) is 35.1. The first-order valence-corrected chi connectivity index (χ1v) is 22.2. The van der Waals surface area contributed by atoms with Crippen molar-refractivity contribution in [1.29, 1.82) is 0 Å². The van der Waals surface area contributed by atoms with Gasteiger partial charge in [-0.15, -0.1) is 0 Å². The summed E-state index contributed by atoms with van der Waals surface area (Å²) in [6.07, 6.45) is 0. The predicted octanol–water partition coefficient (Wildman–Crippen LogP) is 16.8. The largest absolute Gasteiger partial charge is 0.310 e. The molecule has 0 aromatic heterocycles. The molecule has 13 rings (SSSR count). The Kier molecular flexibility index (Phi) is 8.20. The Bertz CT molecular complexity index is 3460. The first-order chi connectivity index (χ1) is 31.7. The Morgan fingerprint density at radius 3 is 1.22 bits per heavy atom. The third-order valence-electron chi connectivity index (χ3n) is 13.9. The fourth-order valence-corrected chi connectivity index (χ4v) is 11.1.